The van der Waals surface area contributed by atoms with E-state index in [9.17, 15) is 18.0 Å². The van der Waals surface area contributed by atoms with Crippen LogP contribution in [0, 0.1) is 0 Å². The lowest BCUT2D eigenvalue weighted by molar-refractivity contribution is -0.188. The summed E-state index contributed by atoms with van der Waals surface area (Å²) in [7, 11) is 1.14. The van der Waals surface area contributed by atoms with Crippen molar-refractivity contribution in [3.8, 4) is 0 Å². The number of amides is 1. The third-order valence-electron chi connectivity index (χ3n) is 3.35. The quantitative estimate of drug-likeness (QED) is 0.840. The normalized spacial score (nSPS) is 12.7. The van der Waals surface area contributed by atoms with Crippen LogP contribution in [0.1, 0.15) is 17.2 Å². The second kappa shape index (κ2) is 7.00. The summed E-state index contributed by atoms with van der Waals surface area (Å²) in [6, 6.07) is 6.53. The highest BCUT2D eigenvalue weighted by Crippen LogP contribution is 2.37. The zero-order chi connectivity index (χ0) is 17.0. The largest absolute Gasteiger partial charge is 0.413 e. The van der Waals surface area contributed by atoms with Crippen molar-refractivity contribution in [1.82, 2.24) is 9.88 Å². The van der Waals surface area contributed by atoms with Crippen LogP contribution in [0.2, 0.25) is 5.02 Å². The molecule has 122 valence electrons. The van der Waals surface area contributed by atoms with E-state index >= 15 is 0 Å². The summed E-state index contributed by atoms with van der Waals surface area (Å²) in [5, 5.41) is 0.332. The fraction of sp³-hybridized carbons (Fsp3) is 0.250. The van der Waals surface area contributed by atoms with Crippen LogP contribution in [0.25, 0.3) is 0 Å². The molecule has 0 fully saturated rings. The second-order valence-electron chi connectivity index (χ2n) is 5.04. The maximum absolute atomic E-state index is 13.4. The van der Waals surface area contributed by atoms with Crippen molar-refractivity contribution in [2.45, 2.75) is 18.6 Å². The van der Waals surface area contributed by atoms with Crippen molar-refractivity contribution >= 4 is 17.5 Å². The van der Waals surface area contributed by atoms with Gasteiger partial charge in [-0.2, -0.15) is 13.2 Å². The molecule has 0 unspecified atom stereocenters. The van der Waals surface area contributed by atoms with Gasteiger partial charge in [0.15, 0.2) is 6.04 Å². The number of carbonyl (C=O) groups is 1. The molecule has 0 saturated heterocycles. The highest BCUT2D eigenvalue weighted by Gasteiger charge is 2.45. The minimum absolute atomic E-state index is 0.0380. The molecule has 2 rings (SSSR count). The van der Waals surface area contributed by atoms with E-state index in [2.05, 4.69) is 4.98 Å². The smallest absolute Gasteiger partial charge is 0.330 e. The summed E-state index contributed by atoms with van der Waals surface area (Å²) < 4.78 is 40.2. The highest BCUT2D eigenvalue weighted by atomic mass is 35.5. The van der Waals surface area contributed by atoms with Crippen LogP contribution in [0.4, 0.5) is 13.2 Å². The van der Waals surface area contributed by atoms with Crippen molar-refractivity contribution in [2.75, 3.05) is 7.05 Å². The summed E-state index contributed by atoms with van der Waals surface area (Å²) in [5.41, 5.74) is 0.519. The standard InChI is InChI=1S/C16H14ClF3N2O/c1-22(14(23)9-11-3-2-8-21-10-11)15(16(18,19)20)12-4-6-13(17)7-5-12/h2-8,10,15H,9H2,1H3/t15-/m1/s1. The molecule has 0 saturated carbocycles. The first kappa shape index (κ1) is 17.3. The molecule has 1 atom stereocenters. The van der Waals surface area contributed by atoms with Gasteiger partial charge in [-0.25, -0.2) is 0 Å². The van der Waals surface area contributed by atoms with Crippen LogP contribution >= 0.6 is 11.6 Å². The Labute approximate surface area is 136 Å². The molecule has 7 heteroatoms. The van der Waals surface area contributed by atoms with Gasteiger partial charge in [0.2, 0.25) is 5.91 Å². The van der Waals surface area contributed by atoms with E-state index in [1.54, 1.807) is 12.1 Å². The second-order valence-corrected chi connectivity index (χ2v) is 5.47. The Hall–Kier alpha value is -2.08. The zero-order valence-corrected chi connectivity index (χ0v) is 13.0. The number of hydrogen-bond donors (Lipinski definition) is 0. The molecule has 0 bridgehead atoms. The highest BCUT2D eigenvalue weighted by molar-refractivity contribution is 6.30. The van der Waals surface area contributed by atoms with Crippen LogP contribution in [-0.2, 0) is 11.2 Å². The van der Waals surface area contributed by atoms with Gasteiger partial charge < -0.3 is 4.90 Å². The molecule has 0 aliphatic rings. The summed E-state index contributed by atoms with van der Waals surface area (Å²) in [6.45, 7) is 0. The van der Waals surface area contributed by atoms with Crippen molar-refractivity contribution in [3.05, 3.63) is 64.9 Å². The van der Waals surface area contributed by atoms with Crippen molar-refractivity contribution in [1.29, 1.82) is 0 Å². The number of nitrogens with zero attached hydrogens (tertiary/aromatic N) is 2. The van der Waals surface area contributed by atoms with Gasteiger partial charge >= 0.3 is 6.18 Å². The van der Waals surface area contributed by atoms with Gasteiger partial charge in [0.25, 0.3) is 0 Å². The number of hydrogen-bond acceptors (Lipinski definition) is 2. The molecule has 1 heterocycles. The van der Waals surface area contributed by atoms with Gasteiger partial charge in [0, 0.05) is 24.5 Å². The van der Waals surface area contributed by atoms with Crippen molar-refractivity contribution in [3.63, 3.8) is 0 Å². The Morgan fingerprint density at radius 2 is 1.91 bits per heavy atom. The molecule has 1 amide bonds. The lowest BCUT2D eigenvalue weighted by atomic mass is 10.0. The van der Waals surface area contributed by atoms with E-state index in [0.717, 1.165) is 7.05 Å². The zero-order valence-electron chi connectivity index (χ0n) is 12.2. The monoisotopic (exact) mass is 342 g/mol. The molecule has 2 aromatic rings. The van der Waals surface area contributed by atoms with Crippen LogP contribution in [0.5, 0.6) is 0 Å². The number of pyridine rings is 1. The summed E-state index contributed by atoms with van der Waals surface area (Å²) in [6.07, 6.45) is -1.75. The fourth-order valence-corrected chi connectivity index (χ4v) is 2.35. The number of aromatic nitrogens is 1. The van der Waals surface area contributed by atoms with Crippen LogP contribution in [0.15, 0.2) is 48.8 Å². The van der Waals surface area contributed by atoms with E-state index in [1.165, 1.54) is 36.7 Å². The topological polar surface area (TPSA) is 33.2 Å². The number of halogens is 4. The minimum atomic E-state index is -4.59. The molecule has 0 spiro atoms. The van der Waals surface area contributed by atoms with Crippen molar-refractivity contribution in [2.24, 2.45) is 0 Å². The average molecular weight is 343 g/mol. The van der Waals surface area contributed by atoms with Gasteiger partial charge in [-0.3, -0.25) is 9.78 Å². The average Bonchev–Trinajstić information content (AvgIpc) is 2.49. The molecule has 1 aromatic heterocycles. The molecular formula is C16H14ClF3N2O. The maximum Gasteiger partial charge on any atom is 0.413 e. The number of benzene rings is 1. The first-order valence-electron chi connectivity index (χ1n) is 6.76. The molecule has 23 heavy (non-hydrogen) atoms. The third kappa shape index (κ3) is 4.45. The van der Waals surface area contributed by atoms with Gasteiger partial charge in [0.05, 0.1) is 6.42 Å². The predicted octanol–water partition coefficient (Wildman–Crippen LogP) is 4.04. The predicted molar refractivity (Wildman–Crippen MR) is 81.0 cm³/mol. The maximum atomic E-state index is 13.4. The third-order valence-corrected chi connectivity index (χ3v) is 3.61. The number of alkyl halides is 3. The summed E-state index contributed by atoms with van der Waals surface area (Å²) in [4.78, 5) is 16.8. The van der Waals surface area contributed by atoms with Gasteiger partial charge in [-0.05, 0) is 29.3 Å². The Bertz CT molecular complexity index is 659. The van der Waals surface area contributed by atoms with Gasteiger partial charge in [-0.1, -0.05) is 29.8 Å². The van der Waals surface area contributed by atoms with Gasteiger partial charge in [0.1, 0.15) is 0 Å². The summed E-state index contributed by atoms with van der Waals surface area (Å²) in [5.74, 6) is -0.643. The molecule has 0 aliphatic heterocycles. The molecule has 3 nitrogen and oxygen atoms in total. The molecule has 0 aliphatic carbocycles. The van der Waals surface area contributed by atoms with E-state index in [4.69, 9.17) is 11.6 Å². The van der Waals surface area contributed by atoms with Crippen LogP contribution in [0.3, 0.4) is 0 Å². The first-order chi connectivity index (χ1) is 10.8. The van der Waals surface area contributed by atoms with Crippen LogP contribution < -0.4 is 0 Å². The lowest BCUT2D eigenvalue weighted by Gasteiger charge is -2.30. The Morgan fingerprint density at radius 3 is 2.43 bits per heavy atom. The molecular weight excluding hydrogens is 329 g/mol. The molecule has 0 N–H and O–H groups in total. The van der Waals surface area contributed by atoms with E-state index in [0.29, 0.717) is 15.5 Å². The van der Waals surface area contributed by atoms with E-state index in [-0.39, 0.29) is 12.0 Å². The fourth-order valence-electron chi connectivity index (χ4n) is 2.22. The summed E-state index contributed by atoms with van der Waals surface area (Å²) >= 11 is 5.71. The SMILES string of the molecule is CN(C(=O)Cc1cccnc1)[C@H](c1ccc(Cl)cc1)C(F)(F)F. The molecule has 0 radical (unpaired) electrons. The number of carbonyl (C=O) groups excluding carboxylic acids is 1. The Balaban J connectivity index is 2.25. The number of likely N-dealkylation sites (N-methyl/N-ethyl adjacent to an activating group) is 1. The van der Waals surface area contributed by atoms with Crippen LogP contribution in [-0.4, -0.2) is 29.0 Å². The lowest BCUT2D eigenvalue weighted by Crippen LogP contribution is -2.40. The Kier molecular flexibility index (Phi) is 5.26. The van der Waals surface area contributed by atoms with Crippen molar-refractivity contribution < 1.29 is 18.0 Å². The minimum Gasteiger partial charge on any atom is -0.330 e. The molecule has 1 aromatic carbocycles. The Morgan fingerprint density at radius 1 is 1.26 bits per heavy atom. The number of rotatable bonds is 4. The van der Waals surface area contributed by atoms with E-state index < -0.39 is 18.1 Å². The first-order valence-corrected chi connectivity index (χ1v) is 7.13. The van der Waals surface area contributed by atoms with Gasteiger partial charge in [-0.15, -0.1) is 0 Å². The van der Waals surface area contributed by atoms with E-state index in [1.807, 2.05) is 0 Å².